The summed E-state index contributed by atoms with van der Waals surface area (Å²) < 4.78 is 3.92. The van der Waals surface area contributed by atoms with Crippen molar-refractivity contribution in [1.82, 2.24) is 24.5 Å². The molecule has 7 heteroatoms. The average Bonchev–Trinajstić information content (AvgIpc) is 3.31. The van der Waals surface area contributed by atoms with Gasteiger partial charge in [0.2, 0.25) is 5.91 Å². The Kier molecular flexibility index (Phi) is 3.91. The number of aromatic nitrogens is 4. The molecule has 4 rings (SSSR count). The second-order valence-electron chi connectivity index (χ2n) is 7.36. The van der Waals surface area contributed by atoms with Gasteiger partial charge in [0.05, 0.1) is 41.0 Å². The lowest BCUT2D eigenvalue weighted by Crippen LogP contribution is -2.45. The highest BCUT2D eigenvalue weighted by atomic mass is 16.2. The van der Waals surface area contributed by atoms with Gasteiger partial charge in [0.25, 0.3) is 0 Å². The highest BCUT2D eigenvalue weighted by Gasteiger charge is 2.31. The van der Waals surface area contributed by atoms with Gasteiger partial charge in [-0.3, -0.25) is 19.1 Å². The van der Waals surface area contributed by atoms with Crippen LogP contribution in [0.25, 0.3) is 0 Å². The predicted octanol–water partition coefficient (Wildman–Crippen LogP) is 1.95. The van der Waals surface area contributed by atoms with E-state index in [9.17, 15) is 4.79 Å². The molecule has 1 aliphatic carbocycles. The van der Waals surface area contributed by atoms with E-state index >= 15 is 0 Å². The molecule has 134 valence electrons. The van der Waals surface area contributed by atoms with E-state index in [1.54, 1.807) is 4.68 Å². The first-order chi connectivity index (χ1) is 11.9. The zero-order valence-corrected chi connectivity index (χ0v) is 15.4. The third kappa shape index (κ3) is 2.97. The van der Waals surface area contributed by atoms with Crippen molar-refractivity contribution in [2.24, 2.45) is 7.05 Å². The zero-order valence-electron chi connectivity index (χ0n) is 15.4. The van der Waals surface area contributed by atoms with E-state index < -0.39 is 0 Å². The molecule has 7 nitrogen and oxygen atoms in total. The summed E-state index contributed by atoms with van der Waals surface area (Å²) >= 11 is 0. The number of hydrogen-bond donors (Lipinski definition) is 1. The van der Waals surface area contributed by atoms with Crippen LogP contribution < -0.4 is 5.32 Å². The summed E-state index contributed by atoms with van der Waals surface area (Å²) in [5.41, 5.74) is 5.12. The minimum absolute atomic E-state index is 0.0228. The Hall–Kier alpha value is -2.15. The Morgan fingerprint density at radius 2 is 2.04 bits per heavy atom. The second-order valence-corrected chi connectivity index (χ2v) is 7.36. The number of carbonyl (C=O) groups is 1. The average molecular weight is 342 g/mol. The smallest absolute Gasteiger partial charge is 0.241 e. The first-order valence-electron chi connectivity index (χ1n) is 9.05. The lowest BCUT2D eigenvalue weighted by atomic mass is 10.2. The van der Waals surface area contributed by atoms with Crippen LogP contribution in [-0.2, 0) is 24.9 Å². The third-order valence-electron chi connectivity index (χ3n) is 5.53. The van der Waals surface area contributed by atoms with Gasteiger partial charge < -0.3 is 5.32 Å². The SMILES string of the molecule is Cc1nn(C)c(C)c1NC(=O)C(C)N1CCn2nc(C3CC3)cc2C1. The first-order valence-corrected chi connectivity index (χ1v) is 9.05. The Balaban J connectivity index is 1.45. The highest BCUT2D eigenvalue weighted by Crippen LogP contribution is 2.39. The maximum atomic E-state index is 12.7. The monoisotopic (exact) mass is 342 g/mol. The van der Waals surface area contributed by atoms with Gasteiger partial charge in [0.1, 0.15) is 0 Å². The molecule has 0 bridgehead atoms. The van der Waals surface area contributed by atoms with E-state index in [0.29, 0.717) is 5.92 Å². The van der Waals surface area contributed by atoms with Crippen LogP contribution in [0.2, 0.25) is 0 Å². The van der Waals surface area contributed by atoms with E-state index in [1.165, 1.54) is 24.2 Å². The summed E-state index contributed by atoms with van der Waals surface area (Å²) in [6, 6.07) is 2.04. The second kappa shape index (κ2) is 5.98. The Labute approximate surface area is 148 Å². The minimum atomic E-state index is -0.188. The minimum Gasteiger partial charge on any atom is -0.322 e. The van der Waals surface area contributed by atoms with Crippen molar-refractivity contribution in [2.75, 3.05) is 11.9 Å². The molecule has 0 saturated heterocycles. The summed E-state index contributed by atoms with van der Waals surface area (Å²) in [5.74, 6) is 0.693. The third-order valence-corrected chi connectivity index (χ3v) is 5.53. The molecule has 1 saturated carbocycles. The van der Waals surface area contributed by atoms with Gasteiger partial charge >= 0.3 is 0 Å². The predicted molar refractivity (Wildman–Crippen MR) is 95.4 cm³/mol. The fourth-order valence-corrected chi connectivity index (χ4v) is 3.57. The van der Waals surface area contributed by atoms with Crippen LogP contribution in [0.4, 0.5) is 5.69 Å². The van der Waals surface area contributed by atoms with Gasteiger partial charge in [-0.05, 0) is 39.7 Å². The quantitative estimate of drug-likeness (QED) is 0.922. The van der Waals surface area contributed by atoms with Crippen molar-refractivity contribution in [3.63, 3.8) is 0 Å². The molecule has 1 atom stereocenters. The van der Waals surface area contributed by atoms with Crippen molar-refractivity contribution in [2.45, 2.75) is 58.7 Å². The van der Waals surface area contributed by atoms with Crippen LogP contribution in [0.15, 0.2) is 6.07 Å². The number of nitrogens with one attached hydrogen (secondary N) is 1. The maximum absolute atomic E-state index is 12.7. The number of nitrogens with zero attached hydrogens (tertiary/aromatic N) is 5. The van der Waals surface area contributed by atoms with Crippen LogP contribution in [0.1, 0.15) is 48.5 Å². The highest BCUT2D eigenvalue weighted by molar-refractivity contribution is 5.95. The van der Waals surface area contributed by atoms with Crippen molar-refractivity contribution in [3.8, 4) is 0 Å². The zero-order chi connectivity index (χ0) is 17.7. The Bertz CT molecular complexity index is 816. The van der Waals surface area contributed by atoms with Crippen molar-refractivity contribution < 1.29 is 4.79 Å². The standard InChI is InChI=1S/C18H26N6O/c1-11-17(12(2)22(4)20-11)19-18(25)13(3)23-7-8-24-15(10-23)9-16(21-24)14-5-6-14/h9,13-14H,5-8,10H2,1-4H3,(H,19,25). The molecule has 1 amide bonds. The largest absolute Gasteiger partial charge is 0.322 e. The number of hydrogen-bond acceptors (Lipinski definition) is 4. The fourth-order valence-electron chi connectivity index (χ4n) is 3.57. The first kappa shape index (κ1) is 16.3. The van der Waals surface area contributed by atoms with Crippen LogP contribution in [0, 0.1) is 13.8 Å². The maximum Gasteiger partial charge on any atom is 0.241 e. The molecular formula is C18H26N6O. The van der Waals surface area contributed by atoms with Crippen LogP contribution in [-0.4, -0.2) is 43.0 Å². The fraction of sp³-hybridized carbons (Fsp3) is 0.611. The number of rotatable bonds is 4. The number of carbonyl (C=O) groups excluding carboxylic acids is 1. The van der Waals surface area contributed by atoms with Gasteiger partial charge in [-0.1, -0.05) is 0 Å². The molecule has 2 aromatic heterocycles. The molecule has 0 spiro atoms. The molecule has 0 aromatic carbocycles. The summed E-state index contributed by atoms with van der Waals surface area (Å²) in [4.78, 5) is 15.0. The molecule has 1 N–H and O–H groups in total. The molecular weight excluding hydrogens is 316 g/mol. The van der Waals surface area contributed by atoms with Crippen LogP contribution in [0.3, 0.4) is 0 Å². The Morgan fingerprint density at radius 1 is 1.28 bits per heavy atom. The summed E-state index contributed by atoms with van der Waals surface area (Å²) in [6.45, 7) is 8.35. The topological polar surface area (TPSA) is 68.0 Å². The van der Waals surface area contributed by atoms with Gasteiger partial charge in [-0.25, -0.2) is 0 Å². The van der Waals surface area contributed by atoms with Gasteiger partial charge in [0, 0.05) is 26.1 Å². The van der Waals surface area contributed by atoms with Gasteiger partial charge in [0.15, 0.2) is 0 Å². The van der Waals surface area contributed by atoms with Gasteiger partial charge in [-0.15, -0.1) is 0 Å². The lowest BCUT2D eigenvalue weighted by molar-refractivity contribution is -0.121. The summed E-state index contributed by atoms with van der Waals surface area (Å²) in [7, 11) is 1.89. The van der Waals surface area contributed by atoms with E-state index in [-0.39, 0.29) is 11.9 Å². The summed E-state index contributed by atoms with van der Waals surface area (Å²) in [6.07, 6.45) is 2.53. The number of amides is 1. The number of aryl methyl sites for hydroxylation is 2. The Morgan fingerprint density at radius 3 is 2.68 bits per heavy atom. The van der Waals surface area contributed by atoms with Crippen LogP contribution in [0.5, 0.6) is 0 Å². The molecule has 0 radical (unpaired) electrons. The molecule has 1 fully saturated rings. The molecule has 2 aliphatic rings. The molecule has 2 aromatic rings. The lowest BCUT2D eigenvalue weighted by Gasteiger charge is -2.31. The molecule has 25 heavy (non-hydrogen) atoms. The number of fused-ring (bicyclic) bond motifs is 1. The molecule has 1 aliphatic heterocycles. The van der Waals surface area contributed by atoms with Crippen molar-refractivity contribution >= 4 is 11.6 Å². The van der Waals surface area contributed by atoms with Crippen LogP contribution >= 0.6 is 0 Å². The van der Waals surface area contributed by atoms with E-state index in [2.05, 4.69) is 26.1 Å². The van der Waals surface area contributed by atoms with Crippen molar-refractivity contribution in [3.05, 3.63) is 28.8 Å². The normalized spacial score (nSPS) is 18.9. The van der Waals surface area contributed by atoms with Crippen molar-refractivity contribution in [1.29, 1.82) is 0 Å². The van der Waals surface area contributed by atoms with E-state index in [4.69, 9.17) is 5.10 Å². The van der Waals surface area contributed by atoms with E-state index in [0.717, 1.165) is 36.7 Å². The molecule has 1 unspecified atom stereocenters. The number of anilines is 1. The van der Waals surface area contributed by atoms with E-state index in [1.807, 2.05) is 27.8 Å². The molecule has 3 heterocycles. The van der Waals surface area contributed by atoms with Gasteiger partial charge in [-0.2, -0.15) is 10.2 Å². The summed E-state index contributed by atoms with van der Waals surface area (Å²) in [5, 5.41) is 12.2.